The van der Waals surface area contributed by atoms with Crippen molar-refractivity contribution in [1.82, 2.24) is 14.9 Å². The van der Waals surface area contributed by atoms with Gasteiger partial charge in [0.05, 0.1) is 31.4 Å². The third-order valence-corrected chi connectivity index (χ3v) is 3.74. The Balaban J connectivity index is 1.73. The predicted octanol–water partition coefficient (Wildman–Crippen LogP) is 1.43. The maximum atomic E-state index is 12.2. The Morgan fingerprint density at radius 2 is 1.91 bits per heavy atom. The average molecular weight is 301 g/mol. The number of benzene rings is 1. The number of ether oxygens (including phenoxy) is 2. The summed E-state index contributed by atoms with van der Waals surface area (Å²) >= 11 is 0. The summed E-state index contributed by atoms with van der Waals surface area (Å²) < 4.78 is 10.6. The van der Waals surface area contributed by atoms with Crippen LogP contribution in [0.4, 0.5) is 0 Å². The van der Waals surface area contributed by atoms with Crippen molar-refractivity contribution in [2.45, 2.75) is 12.8 Å². The van der Waals surface area contributed by atoms with Gasteiger partial charge in [0.2, 0.25) is 11.8 Å². The minimum Gasteiger partial charge on any atom is -0.480 e. The van der Waals surface area contributed by atoms with Gasteiger partial charge in [0.15, 0.2) is 0 Å². The van der Waals surface area contributed by atoms with Gasteiger partial charge in [0.1, 0.15) is 5.69 Å². The van der Waals surface area contributed by atoms with E-state index in [0.29, 0.717) is 45.0 Å². The Labute approximate surface area is 129 Å². The van der Waals surface area contributed by atoms with E-state index >= 15 is 0 Å². The molecular formula is C16H19N3O3. The molecule has 1 saturated heterocycles. The minimum absolute atomic E-state index is 0.125. The third-order valence-electron chi connectivity index (χ3n) is 3.74. The van der Waals surface area contributed by atoms with Gasteiger partial charge < -0.3 is 14.4 Å². The van der Waals surface area contributed by atoms with Gasteiger partial charge in [-0.25, -0.2) is 9.97 Å². The van der Waals surface area contributed by atoms with E-state index in [-0.39, 0.29) is 5.91 Å². The average Bonchev–Trinajstić information content (AvgIpc) is 2.59. The van der Waals surface area contributed by atoms with Gasteiger partial charge in [0.25, 0.3) is 0 Å². The molecule has 0 saturated carbocycles. The van der Waals surface area contributed by atoms with E-state index in [0.717, 1.165) is 16.7 Å². The second-order valence-electron chi connectivity index (χ2n) is 5.16. The van der Waals surface area contributed by atoms with Crippen LogP contribution in [0.5, 0.6) is 5.88 Å². The van der Waals surface area contributed by atoms with E-state index < -0.39 is 0 Å². The molecule has 1 aromatic carbocycles. The van der Waals surface area contributed by atoms with Crippen LogP contribution in [0.15, 0.2) is 24.3 Å². The maximum Gasteiger partial charge on any atom is 0.235 e. The molecule has 0 N–H and O–H groups in total. The van der Waals surface area contributed by atoms with Crippen LogP contribution in [-0.4, -0.2) is 54.2 Å². The molecule has 2 aromatic rings. The number of amides is 1. The molecule has 1 fully saturated rings. The molecule has 6 heteroatoms. The fourth-order valence-electron chi connectivity index (χ4n) is 2.54. The smallest absolute Gasteiger partial charge is 0.235 e. The molecule has 0 unspecified atom stereocenters. The second kappa shape index (κ2) is 6.70. The van der Waals surface area contributed by atoms with E-state index in [2.05, 4.69) is 9.97 Å². The molecule has 0 radical (unpaired) electrons. The van der Waals surface area contributed by atoms with Crippen LogP contribution in [0.2, 0.25) is 0 Å². The predicted molar refractivity (Wildman–Crippen MR) is 81.8 cm³/mol. The number of aromatic nitrogens is 2. The first-order valence-electron chi connectivity index (χ1n) is 7.43. The van der Waals surface area contributed by atoms with Crippen molar-refractivity contribution in [2.75, 3.05) is 33.4 Å². The largest absolute Gasteiger partial charge is 0.480 e. The number of hydrogen-bond acceptors (Lipinski definition) is 5. The van der Waals surface area contributed by atoms with Crippen molar-refractivity contribution < 1.29 is 14.3 Å². The van der Waals surface area contributed by atoms with Gasteiger partial charge in [-0.2, -0.15) is 0 Å². The number of hydrogen-bond donors (Lipinski definition) is 0. The summed E-state index contributed by atoms with van der Waals surface area (Å²) in [6.07, 6.45) is 0.931. The first-order chi connectivity index (χ1) is 10.8. The van der Waals surface area contributed by atoms with Crippen molar-refractivity contribution in [1.29, 1.82) is 0 Å². The zero-order valence-corrected chi connectivity index (χ0v) is 12.6. The third kappa shape index (κ3) is 3.17. The number of methoxy groups -OCH3 is 1. The van der Waals surface area contributed by atoms with E-state index in [1.54, 1.807) is 7.11 Å². The molecule has 1 amide bonds. The zero-order valence-electron chi connectivity index (χ0n) is 12.6. The van der Waals surface area contributed by atoms with Crippen molar-refractivity contribution in [3.05, 3.63) is 30.0 Å². The highest BCUT2D eigenvalue weighted by Gasteiger charge is 2.18. The molecular weight excluding hydrogens is 282 g/mol. The van der Waals surface area contributed by atoms with Gasteiger partial charge in [-0.3, -0.25) is 4.79 Å². The molecule has 1 aliphatic heterocycles. The lowest BCUT2D eigenvalue weighted by molar-refractivity contribution is -0.135. The first kappa shape index (κ1) is 14.7. The van der Waals surface area contributed by atoms with Gasteiger partial charge >= 0.3 is 0 Å². The number of carbonyl (C=O) groups is 1. The van der Waals surface area contributed by atoms with Gasteiger partial charge in [-0.05, 0) is 12.1 Å². The summed E-state index contributed by atoms with van der Waals surface area (Å²) in [5.74, 6) is 0.619. The molecule has 0 atom stereocenters. The summed E-state index contributed by atoms with van der Waals surface area (Å²) in [5.41, 5.74) is 2.34. The van der Waals surface area contributed by atoms with Crippen LogP contribution in [-0.2, 0) is 16.0 Å². The van der Waals surface area contributed by atoms with Gasteiger partial charge in [-0.1, -0.05) is 12.1 Å². The Morgan fingerprint density at radius 3 is 2.59 bits per heavy atom. The number of rotatable bonds is 4. The lowest BCUT2D eigenvalue weighted by Gasteiger charge is -2.26. The number of morpholine rings is 1. The van der Waals surface area contributed by atoms with Gasteiger partial charge in [-0.15, -0.1) is 0 Å². The molecule has 3 rings (SSSR count). The summed E-state index contributed by atoms with van der Waals surface area (Å²) in [5, 5.41) is 0. The Hall–Kier alpha value is -2.21. The van der Waals surface area contributed by atoms with Crippen LogP contribution in [0, 0.1) is 0 Å². The van der Waals surface area contributed by atoms with E-state index in [9.17, 15) is 4.79 Å². The van der Waals surface area contributed by atoms with Crippen LogP contribution in [0.3, 0.4) is 0 Å². The monoisotopic (exact) mass is 301 g/mol. The first-order valence-corrected chi connectivity index (χ1v) is 7.43. The number of nitrogens with zero attached hydrogens (tertiary/aromatic N) is 3. The highest BCUT2D eigenvalue weighted by atomic mass is 16.5. The van der Waals surface area contributed by atoms with E-state index in [1.807, 2.05) is 29.2 Å². The number of aryl methyl sites for hydroxylation is 1. The highest BCUT2D eigenvalue weighted by molar-refractivity contribution is 5.77. The van der Waals surface area contributed by atoms with Crippen LogP contribution >= 0.6 is 0 Å². The topological polar surface area (TPSA) is 64.6 Å². The van der Waals surface area contributed by atoms with Crippen LogP contribution in [0.25, 0.3) is 11.0 Å². The number of fused-ring (bicyclic) bond motifs is 1. The lowest BCUT2D eigenvalue weighted by atomic mass is 10.2. The molecule has 0 bridgehead atoms. The summed E-state index contributed by atoms with van der Waals surface area (Å²) in [6.45, 7) is 2.56. The Kier molecular flexibility index (Phi) is 4.48. The Morgan fingerprint density at radius 1 is 1.23 bits per heavy atom. The number of carbonyl (C=O) groups excluding carboxylic acids is 1. The fraction of sp³-hybridized carbons (Fsp3) is 0.438. The normalized spacial score (nSPS) is 15.0. The SMILES string of the molecule is COc1nc2ccccc2nc1CCC(=O)N1CCOCC1. The molecule has 116 valence electrons. The lowest BCUT2D eigenvalue weighted by Crippen LogP contribution is -2.40. The van der Waals surface area contributed by atoms with Crippen molar-refractivity contribution in [2.24, 2.45) is 0 Å². The summed E-state index contributed by atoms with van der Waals surface area (Å²) in [7, 11) is 1.58. The van der Waals surface area contributed by atoms with Crippen molar-refractivity contribution >= 4 is 16.9 Å². The maximum absolute atomic E-state index is 12.2. The molecule has 1 aromatic heterocycles. The molecule has 0 spiro atoms. The minimum atomic E-state index is 0.125. The summed E-state index contributed by atoms with van der Waals surface area (Å²) in [4.78, 5) is 23.1. The summed E-state index contributed by atoms with van der Waals surface area (Å²) in [6, 6.07) is 7.65. The Bertz CT molecular complexity index is 669. The van der Waals surface area contributed by atoms with E-state index in [4.69, 9.17) is 9.47 Å². The second-order valence-corrected chi connectivity index (χ2v) is 5.16. The quantitative estimate of drug-likeness (QED) is 0.855. The fourth-order valence-corrected chi connectivity index (χ4v) is 2.54. The zero-order chi connectivity index (χ0) is 15.4. The molecule has 22 heavy (non-hydrogen) atoms. The van der Waals surface area contributed by atoms with Crippen molar-refractivity contribution in [3.8, 4) is 5.88 Å². The van der Waals surface area contributed by atoms with Gasteiger partial charge in [0, 0.05) is 25.9 Å². The molecule has 2 heterocycles. The number of para-hydroxylation sites is 2. The molecule has 6 nitrogen and oxygen atoms in total. The van der Waals surface area contributed by atoms with Crippen LogP contribution in [0.1, 0.15) is 12.1 Å². The standard InChI is InChI=1S/C16H19N3O3/c1-21-16-14(17-12-4-2-3-5-13(12)18-16)6-7-15(20)19-8-10-22-11-9-19/h2-5H,6-11H2,1H3. The van der Waals surface area contributed by atoms with Crippen molar-refractivity contribution in [3.63, 3.8) is 0 Å². The van der Waals surface area contributed by atoms with Crippen LogP contribution < -0.4 is 4.74 Å². The molecule has 0 aliphatic carbocycles. The highest BCUT2D eigenvalue weighted by Crippen LogP contribution is 2.20. The van der Waals surface area contributed by atoms with E-state index in [1.165, 1.54) is 0 Å². The molecule has 1 aliphatic rings.